The average molecular weight is 1710 g/mol. The number of non-ortho nitro benzene ring substituents is 1. The van der Waals surface area contributed by atoms with E-state index >= 15 is 0 Å². The molecule has 108 heavy (non-hydrogen) atoms. The molecule has 0 amide bonds. The highest BCUT2D eigenvalue weighted by molar-refractivity contribution is 14.1. The van der Waals surface area contributed by atoms with Gasteiger partial charge in [-0.3, -0.25) is 10.1 Å². The van der Waals surface area contributed by atoms with Crippen LogP contribution in [-0.4, -0.2) is 4.92 Å². The van der Waals surface area contributed by atoms with Crippen molar-refractivity contribution in [3.8, 4) is 18.4 Å². The molecule has 0 atom stereocenters. The van der Waals surface area contributed by atoms with Crippen molar-refractivity contribution in [1.29, 1.82) is 5.26 Å². The van der Waals surface area contributed by atoms with Crippen molar-refractivity contribution in [2.24, 2.45) is 5.11 Å². The van der Waals surface area contributed by atoms with Crippen LogP contribution in [0.3, 0.4) is 0 Å². The molecular weight excluding hydrogens is 1580 g/mol. The quantitative estimate of drug-likeness (QED) is 0.0326. The summed E-state index contributed by atoms with van der Waals surface area (Å²) in [4.78, 5) is 12.9. The third kappa shape index (κ3) is 31.9. The number of benzene rings is 9. The van der Waals surface area contributed by atoms with Crippen LogP contribution in [0.2, 0.25) is 5.02 Å². The lowest BCUT2D eigenvalue weighted by Crippen LogP contribution is -2.13. The molecule has 9 aromatic rings. The van der Waals surface area contributed by atoms with Crippen LogP contribution in [0.1, 0.15) is 274 Å². The van der Waals surface area contributed by atoms with Gasteiger partial charge in [0.2, 0.25) is 0 Å². The van der Waals surface area contributed by atoms with Gasteiger partial charge < -0.3 is 0 Å². The summed E-state index contributed by atoms with van der Waals surface area (Å²) < 4.78 is 28.7. The molecule has 0 bridgehead atoms. The largest absolute Gasteiger partial charge is 0.269 e. The number of hydrogen-bond acceptors (Lipinski definition) is 4. The molecule has 0 aliphatic rings. The molecule has 12 heteroatoms. The second-order valence-corrected chi connectivity index (χ2v) is 38.7. The molecule has 0 saturated heterocycles. The van der Waals surface area contributed by atoms with Crippen LogP contribution in [-0.2, 0) is 43.3 Å². The van der Waals surface area contributed by atoms with Gasteiger partial charge in [0.1, 0.15) is 11.6 Å². The molecule has 9 rings (SSSR count). The highest BCUT2D eigenvalue weighted by Gasteiger charge is 2.24. The van der Waals surface area contributed by atoms with Crippen molar-refractivity contribution in [2.45, 2.75) is 272 Å². The summed E-state index contributed by atoms with van der Waals surface area (Å²) >= 11 is 10.2. The summed E-state index contributed by atoms with van der Waals surface area (Å²) in [6, 6.07) is 51.6. The maximum Gasteiger partial charge on any atom is 0.269 e. The highest BCUT2D eigenvalue weighted by atomic mass is 127. The molecule has 0 unspecified atom stereocenters. The maximum absolute atomic E-state index is 13.4. The van der Waals surface area contributed by atoms with Crippen LogP contribution in [0, 0.1) is 108 Å². The van der Waals surface area contributed by atoms with E-state index in [9.17, 15) is 18.9 Å². The van der Waals surface area contributed by atoms with Crippen molar-refractivity contribution in [1.82, 2.24) is 0 Å². The van der Waals surface area contributed by atoms with Crippen molar-refractivity contribution < 1.29 is 13.7 Å². The molecule has 582 valence electrons. The molecule has 0 aromatic heterocycles. The van der Waals surface area contributed by atoms with E-state index in [2.05, 4.69) is 299 Å². The maximum atomic E-state index is 13.4. The van der Waals surface area contributed by atoms with Gasteiger partial charge in [0.25, 0.3) is 5.69 Å². The standard InChI is InChI=1S/C15H18.C13H15F.C12H15N.C11H15Cl.C11H14FI.C11H15I.C11H15N3.C11H15NO2.CH4/c1-11-9-12-7-5-6-8-13(12)10-14(11)15(2,3)4;1-6-10-7-9(2)11(8-12(10)14)13(3,4)5;1-9-7-10(8-13)5-6-11(9)12(2,3)4;1-8-7-9(12)5-6-10(8)11(2,3)4;1-7-5-10(13)9(12)6-8(7)11(2,3)4;1-8-7-9(12)5-6-10(8)11(2,3)4;1-8-7-9(13-14-12)5-6-10(8)11(2,3)4;1-8-7-9(12(13)14)5-6-10(8)11(2,3)4;/h5-10H,1-4H3;1,7-8H,2-5H3;5-7H,1-4H3;5-7H,1-4H3;5-6H,1-4H3;5-7H,1-4H3;2*5-7H,1-4H3;1H4. The molecule has 0 spiro atoms. The van der Waals surface area contributed by atoms with Crippen LogP contribution in [0.4, 0.5) is 20.2 Å². The lowest BCUT2D eigenvalue weighted by Gasteiger charge is -2.22. The zero-order valence-electron chi connectivity index (χ0n) is 70.5. The van der Waals surface area contributed by atoms with Crippen LogP contribution < -0.4 is 0 Å². The smallest absolute Gasteiger partial charge is 0.258 e. The minimum absolute atomic E-state index is 0. The molecular formula is C96H126ClF2I2N5O2. The van der Waals surface area contributed by atoms with Gasteiger partial charge in [0.15, 0.2) is 0 Å². The molecule has 0 N–H and O–H groups in total. The first-order valence-electron chi connectivity index (χ1n) is 36.4. The molecule has 0 aliphatic heterocycles. The number of nitro groups is 1. The molecule has 0 aliphatic carbocycles. The Morgan fingerprint density at radius 1 is 0.435 bits per heavy atom. The number of nitrogens with zero attached hydrogens (tertiary/aromatic N) is 5. The van der Waals surface area contributed by atoms with Crippen LogP contribution in [0.25, 0.3) is 21.2 Å². The third-order valence-corrected chi connectivity index (χ3v) is 19.5. The molecule has 0 saturated carbocycles. The van der Waals surface area contributed by atoms with Gasteiger partial charge in [-0.15, -0.1) is 6.42 Å². The molecule has 0 fully saturated rings. The van der Waals surface area contributed by atoms with E-state index in [-0.39, 0.29) is 73.0 Å². The molecule has 0 radical (unpaired) electrons. The van der Waals surface area contributed by atoms with E-state index < -0.39 is 0 Å². The van der Waals surface area contributed by atoms with Crippen molar-refractivity contribution in [2.75, 3.05) is 0 Å². The summed E-state index contributed by atoms with van der Waals surface area (Å²) in [5.41, 5.74) is 31.0. The Morgan fingerprint density at radius 3 is 1.16 bits per heavy atom. The summed E-state index contributed by atoms with van der Waals surface area (Å²) in [7, 11) is 0. The lowest BCUT2D eigenvalue weighted by atomic mass is 9.83. The monoisotopic (exact) mass is 1710 g/mol. The molecule has 7 nitrogen and oxygen atoms in total. The number of halogens is 5. The predicted octanol–water partition coefficient (Wildman–Crippen LogP) is 31.0. The van der Waals surface area contributed by atoms with E-state index in [1.54, 1.807) is 30.3 Å². The lowest BCUT2D eigenvalue weighted by molar-refractivity contribution is -0.384. The Hall–Kier alpha value is -7.39. The summed E-state index contributed by atoms with van der Waals surface area (Å²) in [5, 5.41) is 26.3. The zero-order chi connectivity index (χ0) is 82.7. The van der Waals surface area contributed by atoms with Crippen molar-refractivity contribution in [3.63, 3.8) is 0 Å². The van der Waals surface area contributed by atoms with Gasteiger partial charge in [-0.25, -0.2) is 8.78 Å². The number of fused-ring (bicyclic) bond motifs is 1. The van der Waals surface area contributed by atoms with Gasteiger partial charge in [0, 0.05) is 34.9 Å². The van der Waals surface area contributed by atoms with Gasteiger partial charge in [-0.2, -0.15) is 5.26 Å². The Kier molecular flexibility index (Phi) is 37.5. The van der Waals surface area contributed by atoms with E-state index in [4.69, 9.17) is 28.8 Å². The third-order valence-electron chi connectivity index (χ3n) is 17.8. The topological polar surface area (TPSA) is 116 Å². The van der Waals surface area contributed by atoms with Gasteiger partial charge in [-0.1, -0.05) is 269 Å². The summed E-state index contributed by atoms with van der Waals surface area (Å²) in [5.74, 6) is 1.92. The minimum atomic E-state index is -0.362. The number of aryl methyl sites for hydroxylation is 8. The molecule has 0 heterocycles. The summed E-state index contributed by atoms with van der Waals surface area (Å²) in [6.45, 7) is 68.5. The predicted molar refractivity (Wildman–Crippen MR) is 482 cm³/mol. The van der Waals surface area contributed by atoms with Crippen LogP contribution in [0.5, 0.6) is 0 Å². The van der Waals surface area contributed by atoms with Gasteiger partial charge in [0.05, 0.1) is 22.1 Å². The fourth-order valence-electron chi connectivity index (χ4n) is 12.9. The Balaban J connectivity index is 0.000000617. The van der Waals surface area contributed by atoms with Crippen molar-refractivity contribution in [3.05, 3.63) is 296 Å². The molecule has 9 aromatic carbocycles. The first-order valence-corrected chi connectivity index (χ1v) is 38.9. The Labute approximate surface area is 684 Å². The Morgan fingerprint density at radius 2 is 0.778 bits per heavy atom. The van der Waals surface area contributed by atoms with Gasteiger partial charge >= 0.3 is 0 Å². The number of azide groups is 1. The van der Waals surface area contributed by atoms with Crippen LogP contribution in [0.15, 0.2) is 157 Å². The number of rotatable bonds is 2. The second kappa shape index (κ2) is 41.0. The number of nitro benzene ring substituents is 1. The fraction of sp³-hybridized carbons (Fsp3) is 0.427. The number of hydrogen-bond donors (Lipinski definition) is 0. The summed E-state index contributed by atoms with van der Waals surface area (Å²) in [6.07, 6.45) is 5.19. The highest BCUT2D eigenvalue weighted by Crippen LogP contribution is 2.35. The number of nitriles is 1. The fourth-order valence-corrected chi connectivity index (χ4v) is 14.4. The van der Waals surface area contributed by atoms with E-state index in [1.165, 1.54) is 75.5 Å². The SMILES string of the molecule is C.C#Cc1cc(C)c(C(C)(C)C)cc1F.Cc1cc(C#N)ccc1C(C)(C)C.Cc1cc(Cl)ccc1C(C)(C)C.Cc1cc(I)c(F)cc1C(C)(C)C.Cc1cc(I)ccc1C(C)(C)C.Cc1cc(N=[N+]=[N-])ccc1C(C)(C)C.Cc1cc([N+](=O)[O-])ccc1C(C)(C)C.Cc1cc2ccccc2cc1C(C)(C)C. The van der Waals surface area contributed by atoms with E-state index in [1.807, 2.05) is 111 Å². The van der Waals surface area contributed by atoms with E-state index in [0.29, 0.717) is 14.8 Å². The minimum Gasteiger partial charge on any atom is -0.258 e. The van der Waals surface area contributed by atoms with E-state index in [0.717, 1.165) is 38.4 Å². The zero-order valence-corrected chi connectivity index (χ0v) is 75.5. The first kappa shape index (κ1) is 98.6. The normalized spacial score (nSPS) is 11.4. The average Bonchev–Trinajstić information content (AvgIpc) is 0.806. The number of terminal acetylenes is 1. The van der Waals surface area contributed by atoms with Gasteiger partial charge in [-0.05, 0) is 316 Å². The van der Waals surface area contributed by atoms with Crippen molar-refractivity contribution >= 4 is 78.9 Å². The first-order chi connectivity index (χ1) is 48.7. The van der Waals surface area contributed by atoms with Crippen LogP contribution >= 0.6 is 56.8 Å². The Bertz CT molecular complexity index is 4520. The second-order valence-electron chi connectivity index (χ2n) is 35.9.